The fourth-order valence-electron chi connectivity index (χ4n) is 4.63. The SMILES string of the molecule is COc1cc(Cc2ccc(-c3cnn(C)c3)cc2)cc2c(=O)n(C3CCCC3O)cnc12. The second kappa shape index (κ2) is 8.24. The number of aromatic nitrogens is 4. The van der Waals surface area contributed by atoms with E-state index in [-0.39, 0.29) is 11.6 Å². The first-order valence-corrected chi connectivity index (χ1v) is 10.9. The number of rotatable bonds is 5. The van der Waals surface area contributed by atoms with Crippen LogP contribution in [0.15, 0.2) is 59.9 Å². The fraction of sp³-hybridized carbons (Fsp3) is 0.320. The van der Waals surface area contributed by atoms with E-state index in [2.05, 4.69) is 34.3 Å². The quantitative estimate of drug-likeness (QED) is 0.524. The summed E-state index contributed by atoms with van der Waals surface area (Å²) < 4.78 is 8.93. The van der Waals surface area contributed by atoms with Crippen LogP contribution in [0, 0.1) is 0 Å². The van der Waals surface area contributed by atoms with Crippen molar-refractivity contribution in [3.8, 4) is 16.9 Å². The Balaban J connectivity index is 1.49. The maximum Gasteiger partial charge on any atom is 0.261 e. The Morgan fingerprint density at radius 1 is 1.12 bits per heavy atom. The highest BCUT2D eigenvalue weighted by Crippen LogP contribution is 2.31. The number of benzene rings is 2. The Labute approximate surface area is 185 Å². The topological polar surface area (TPSA) is 82.2 Å². The summed E-state index contributed by atoms with van der Waals surface area (Å²) >= 11 is 0. The van der Waals surface area contributed by atoms with Crippen molar-refractivity contribution < 1.29 is 9.84 Å². The molecule has 2 unspecified atom stereocenters. The van der Waals surface area contributed by atoms with E-state index in [1.807, 2.05) is 31.6 Å². The molecule has 2 heterocycles. The first kappa shape index (κ1) is 20.5. The van der Waals surface area contributed by atoms with Crippen molar-refractivity contribution in [1.82, 2.24) is 19.3 Å². The van der Waals surface area contributed by atoms with E-state index in [4.69, 9.17) is 4.74 Å². The van der Waals surface area contributed by atoms with Crippen LogP contribution in [0.4, 0.5) is 0 Å². The molecule has 0 saturated heterocycles. The van der Waals surface area contributed by atoms with Gasteiger partial charge in [-0.3, -0.25) is 14.0 Å². The van der Waals surface area contributed by atoms with Crippen LogP contribution in [0.25, 0.3) is 22.0 Å². The average Bonchev–Trinajstić information content (AvgIpc) is 3.42. The number of aliphatic hydroxyl groups excluding tert-OH is 1. The molecule has 0 bridgehead atoms. The third-order valence-corrected chi connectivity index (χ3v) is 6.33. The summed E-state index contributed by atoms with van der Waals surface area (Å²) in [6.45, 7) is 0. The van der Waals surface area contributed by atoms with E-state index in [9.17, 15) is 9.90 Å². The maximum atomic E-state index is 13.3. The molecule has 1 saturated carbocycles. The predicted molar refractivity (Wildman–Crippen MR) is 123 cm³/mol. The molecule has 164 valence electrons. The largest absolute Gasteiger partial charge is 0.494 e. The van der Waals surface area contributed by atoms with Gasteiger partial charge in [-0.05, 0) is 54.5 Å². The molecule has 4 aromatic rings. The zero-order valence-corrected chi connectivity index (χ0v) is 18.2. The summed E-state index contributed by atoms with van der Waals surface area (Å²) in [4.78, 5) is 17.8. The molecule has 7 heteroatoms. The maximum absolute atomic E-state index is 13.3. The van der Waals surface area contributed by atoms with Crippen molar-refractivity contribution in [2.45, 2.75) is 37.8 Å². The summed E-state index contributed by atoms with van der Waals surface area (Å²) in [7, 11) is 3.50. The number of hydrogen-bond donors (Lipinski definition) is 1. The molecule has 1 aliphatic rings. The first-order valence-electron chi connectivity index (χ1n) is 10.9. The second-order valence-corrected chi connectivity index (χ2v) is 8.49. The van der Waals surface area contributed by atoms with Gasteiger partial charge >= 0.3 is 0 Å². The number of hydrogen-bond acceptors (Lipinski definition) is 5. The zero-order chi connectivity index (χ0) is 22.2. The first-order chi connectivity index (χ1) is 15.5. The van der Waals surface area contributed by atoms with Crippen LogP contribution in [0.3, 0.4) is 0 Å². The third kappa shape index (κ3) is 3.69. The molecule has 2 atom stereocenters. The predicted octanol–water partition coefficient (Wildman–Crippen LogP) is 3.48. The average molecular weight is 431 g/mol. The molecule has 0 aliphatic heterocycles. The van der Waals surface area contributed by atoms with Crippen molar-refractivity contribution >= 4 is 10.9 Å². The second-order valence-electron chi connectivity index (χ2n) is 8.49. The van der Waals surface area contributed by atoms with E-state index in [0.717, 1.165) is 35.1 Å². The minimum absolute atomic E-state index is 0.131. The smallest absolute Gasteiger partial charge is 0.261 e. The standard InChI is InChI=1S/C25H26N4O3/c1-28-14-19(13-27-28)18-8-6-16(7-9-18)10-17-11-20-24(23(12-17)32-2)26-15-29(25(20)31)21-4-3-5-22(21)30/h6-9,11-15,21-22,30H,3-5,10H2,1-2H3. The lowest BCUT2D eigenvalue weighted by Gasteiger charge is -2.18. The number of aliphatic hydroxyl groups is 1. The van der Waals surface area contributed by atoms with Crippen molar-refractivity contribution in [3.63, 3.8) is 0 Å². The van der Waals surface area contributed by atoms with Gasteiger partial charge < -0.3 is 9.84 Å². The van der Waals surface area contributed by atoms with E-state index in [0.29, 0.717) is 29.5 Å². The molecular formula is C25H26N4O3. The Hall–Kier alpha value is -3.45. The van der Waals surface area contributed by atoms with Gasteiger partial charge in [0.1, 0.15) is 11.3 Å². The summed E-state index contributed by atoms with van der Waals surface area (Å²) in [5, 5.41) is 15.0. The van der Waals surface area contributed by atoms with Crippen LogP contribution in [-0.2, 0) is 13.5 Å². The third-order valence-electron chi connectivity index (χ3n) is 6.33. The van der Waals surface area contributed by atoms with Gasteiger partial charge in [-0.25, -0.2) is 4.98 Å². The molecule has 2 aromatic carbocycles. The molecule has 32 heavy (non-hydrogen) atoms. The molecule has 1 fully saturated rings. The van der Waals surface area contributed by atoms with Crippen LogP contribution in [0.5, 0.6) is 5.75 Å². The van der Waals surface area contributed by atoms with Crippen LogP contribution >= 0.6 is 0 Å². The molecule has 0 amide bonds. The number of methoxy groups -OCH3 is 1. The van der Waals surface area contributed by atoms with Gasteiger partial charge in [-0.2, -0.15) is 5.10 Å². The highest BCUT2D eigenvalue weighted by atomic mass is 16.5. The van der Waals surface area contributed by atoms with Gasteiger partial charge in [-0.15, -0.1) is 0 Å². The zero-order valence-electron chi connectivity index (χ0n) is 18.2. The lowest BCUT2D eigenvalue weighted by molar-refractivity contribution is 0.134. The van der Waals surface area contributed by atoms with Crippen molar-refractivity contribution in [3.05, 3.63) is 76.6 Å². The molecule has 0 radical (unpaired) electrons. The number of ether oxygens (including phenoxy) is 1. The monoisotopic (exact) mass is 430 g/mol. The normalized spacial score (nSPS) is 18.3. The lowest BCUT2D eigenvalue weighted by Crippen LogP contribution is -2.29. The minimum Gasteiger partial charge on any atom is -0.494 e. The molecular weight excluding hydrogens is 404 g/mol. The van der Waals surface area contributed by atoms with Crippen LogP contribution < -0.4 is 10.3 Å². The number of aryl methyl sites for hydroxylation is 1. The van der Waals surface area contributed by atoms with Gasteiger partial charge in [0.15, 0.2) is 0 Å². The van der Waals surface area contributed by atoms with Gasteiger partial charge in [0.05, 0.1) is 37.2 Å². The van der Waals surface area contributed by atoms with Crippen LogP contribution in [-0.4, -0.2) is 37.7 Å². The van der Waals surface area contributed by atoms with Gasteiger partial charge in [0.25, 0.3) is 5.56 Å². The molecule has 2 aromatic heterocycles. The van der Waals surface area contributed by atoms with Gasteiger partial charge in [-0.1, -0.05) is 24.3 Å². The van der Waals surface area contributed by atoms with Crippen molar-refractivity contribution in [2.24, 2.45) is 7.05 Å². The summed E-state index contributed by atoms with van der Waals surface area (Å²) in [6.07, 6.45) is 7.96. The molecule has 7 nitrogen and oxygen atoms in total. The lowest BCUT2D eigenvalue weighted by atomic mass is 10.0. The summed E-state index contributed by atoms with van der Waals surface area (Å²) in [5.74, 6) is 0.584. The summed E-state index contributed by atoms with van der Waals surface area (Å²) in [6, 6.07) is 12.0. The van der Waals surface area contributed by atoms with Crippen LogP contribution in [0.1, 0.15) is 36.4 Å². The fourth-order valence-corrected chi connectivity index (χ4v) is 4.63. The minimum atomic E-state index is -0.504. The van der Waals surface area contributed by atoms with Crippen LogP contribution in [0.2, 0.25) is 0 Å². The molecule has 1 N–H and O–H groups in total. The van der Waals surface area contributed by atoms with E-state index < -0.39 is 6.10 Å². The molecule has 1 aliphatic carbocycles. The summed E-state index contributed by atoms with van der Waals surface area (Å²) in [5.41, 5.74) is 4.72. The molecule has 0 spiro atoms. The highest BCUT2D eigenvalue weighted by molar-refractivity contribution is 5.84. The Morgan fingerprint density at radius 3 is 2.59 bits per heavy atom. The van der Waals surface area contributed by atoms with Crippen molar-refractivity contribution in [1.29, 1.82) is 0 Å². The highest BCUT2D eigenvalue weighted by Gasteiger charge is 2.28. The van der Waals surface area contributed by atoms with E-state index in [1.165, 1.54) is 0 Å². The Morgan fingerprint density at radius 2 is 1.94 bits per heavy atom. The van der Waals surface area contributed by atoms with E-state index in [1.54, 1.807) is 22.7 Å². The van der Waals surface area contributed by atoms with E-state index >= 15 is 0 Å². The van der Waals surface area contributed by atoms with Gasteiger partial charge in [0, 0.05) is 18.8 Å². The Kier molecular flexibility index (Phi) is 5.27. The van der Waals surface area contributed by atoms with Gasteiger partial charge in [0.2, 0.25) is 0 Å². The number of fused-ring (bicyclic) bond motifs is 1. The molecule has 5 rings (SSSR count). The van der Waals surface area contributed by atoms with Crippen molar-refractivity contribution in [2.75, 3.05) is 7.11 Å². The Bertz CT molecular complexity index is 1320. The number of nitrogens with zero attached hydrogens (tertiary/aromatic N) is 4.